The Hall–Kier alpha value is -2.80. The van der Waals surface area contributed by atoms with E-state index in [2.05, 4.69) is 42.3 Å². The predicted molar refractivity (Wildman–Crippen MR) is 124 cm³/mol. The Morgan fingerprint density at radius 1 is 1.25 bits per heavy atom. The summed E-state index contributed by atoms with van der Waals surface area (Å²) in [5, 5.41) is 7.11. The number of allylic oxidation sites excluding steroid dienone is 1. The number of fused-ring (bicyclic) bond motifs is 1. The van der Waals surface area contributed by atoms with Crippen LogP contribution in [-0.4, -0.2) is 56.9 Å². The van der Waals surface area contributed by atoms with Gasteiger partial charge in [0.05, 0.1) is 25.3 Å². The van der Waals surface area contributed by atoms with Crippen molar-refractivity contribution in [2.24, 2.45) is 11.8 Å². The van der Waals surface area contributed by atoms with Crippen molar-refractivity contribution in [1.29, 1.82) is 0 Å². The third kappa shape index (κ3) is 3.90. The lowest BCUT2D eigenvalue weighted by Gasteiger charge is -2.17. The van der Waals surface area contributed by atoms with Gasteiger partial charge in [-0.3, -0.25) is 4.79 Å². The second kappa shape index (κ2) is 8.98. The Labute approximate surface area is 189 Å². The summed E-state index contributed by atoms with van der Waals surface area (Å²) in [4.78, 5) is 15.2. The van der Waals surface area contributed by atoms with Crippen LogP contribution >= 0.6 is 0 Å². The summed E-state index contributed by atoms with van der Waals surface area (Å²) in [6.07, 6.45) is 3.22. The van der Waals surface area contributed by atoms with Gasteiger partial charge in [0.1, 0.15) is 11.5 Å². The molecule has 172 valence electrons. The third-order valence-electron chi connectivity index (χ3n) is 6.56. The molecule has 1 aliphatic carbocycles. The minimum absolute atomic E-state index is 0.218. The lowest BCUT2D eigenvalue weighted by molar-refractivity contribution is 0.0946. The lowest BCUT2D eigenvalue weighted by atomic mass is 9.93. The predicted octanol–water partition coefficient (Wildman–Crippen LogP) is 4.20. The topological polar surface area (TPSA) is 76.8 Å². The van der Waals surface area contributed by atoms with E-state index in [1.165, 1.54) is 0 Å². The summed E-state index contributed by atoms with van der Waals surface area (Å²) in [6.45, 7) is 8.76. The first-order valence-electron chi connectivity index (χ1n) is 11.3. The number of likely N-dealkylation sites (tertiary alicyclic amines) is 1. The Morgan fingerprint density at radius 3 is 2.62 bits per heavy atom. The highest BCUT2D eigenvalue weighted by Crippen LogP contribution is 2.47. The molecule has 1 amide bonds. The first-order chi connectivity index (χ1) is 15.4. The number of nitrogens with one attached hydrogen (secondary N) is 1. The number of methoxy groups -OCH3 is 2. The van der Waals surface area contributed by atoms with Gasteiger partial charge in [-0.05, 0) is 55.3 Å². The number of benzene rings is 1. The second-order valence-corrected chi connectivity index (χ2v) is 9.09. The molecule has 0 radical (unpaired) electrons. The van der Waals surface area contributed by atoms with Gasteiger partial charge in [0, 0.05) is 25.7 Å². The van der Waals surface area contributed by atoms with Crippen LogP contribution in [0.3, 0.4) is 0 Å². The number of rotatable bonds is 7. The minimum Gasteiger partial charge on any atom is -0.496 e. The lowest BCUT2D eigenvalue weighted by Crippen LogP contribution is -2.24. The monoisotopic (exact) mass is 439 g/mol. The summed E-state index contributed by atoms with van der Waals surface area (Å²) in [6, 6.07) is 3.92. The molecule has 2 aliphatic rings. The Kier molecular flexibility index (Phi) is 6.29. The molecule has 1 fully saturated rings. The molecular formula is C25H33N3O4. The molecule has 1 N–H and O–H groups in total. The van der Waals surface area contributed by atoms with Crippen molar-refractivity contribution in [2.75, 3.05) is 40.9 Å². The summed E-state index contributed by atoms with van der Waals surface area (Å²) in [5.41, 5.74) is 4.08. The van der Waals surface area contributed by atoms with E-state index in [0.717, 1.165) is 47.5 Å². The van der Waals surface area contributed by atoms with Gasteiger partial charge < -0.3 is 24.2 Å². The average Bonchev–Trinajstić information content (AvgIpc) is 3.45. The zero-order valence-electron chi connectivity index (χ0n) is 19.8. The number of carbonyl (C=O) groups excluding carboxylic acids is 1. The molecule has 2 unspecified atom stereocenters. The van der Waals surface area contributed by atoms with Crippen LogP contribution in [0.25, 0.3) is 16.9 Å². The van der Waals surface area contributed by atoms with E-state index in [1.807, 2.05) is 19.1 Å². The van der Waals surface area contributed by atoms with E-state index in [4.69, 9.17) is 14.0 Å². The summed E-state index contributed by atoms with van der Waals surface area (Å²) in [7, 11) is 5.45. The number of amides is 1. The van der Waals surface area contributed by atoms with Gasteiger partial charge in [0.15, 0.2) is 11.5 Å². The summed E-state index contributed by atoms with van der Waals surface area (Å²) < 4.78 is 17.2. The fourth-order valence-corrected chi connectivity index (χ4v) is 5.04. The quantitative estimate of drug-likeness (QED) is 0.697. The van der Waals surface area contributed by atoms with Gasteiger partial charge in [-0.25, -0.2) is 0 Å². The van der Waals surface area contributed by atoms with Crippen LogP contribution in [0.1, 0.15) is 54.7 Å². The molecule has 1 saturated heterocycles. The number of nitrogens with zero attached hydrogens (tertiary/aromatic N) is 2. The maximum absolute atomic E-state index is 12.9. The molecule has 2 atom stereocenters. The number of hydrogen-bond donors (Lipinski definition) is 1. The smallest absolute Gasteiger partial charge is 0.274 e. The minimum atomic E-state index is -0.218. The number of aromatic nitrogens is 1. The van der Waals surface area contributed by atoms with Crippen LogP contribution in [0, 0.1) is 11.8 Å². The molecule has 2 heterocycles. The molecule has 0 spiro atoms. The van der Waals surface area contributed by atoms with Gasteiger partial charge in [0.2, 0.25) is 0 Å². The molecule has 1 aromatic heterocycles. The van der Waals surface area contributed by atoms with Crippen LogP contribution in [0.5, 0.6) is 11.5 Å². The van der Waals surface area contributed by atoms with Gasteiger partial charge in [-0.15, -0.1) is 0 Å². The van der Waals surface area contributed by atoms with Crippen molar-refractivity contribution in [1.82, 2.24) is 15.4 Å². The fourth-order valence-electron chi connectivity index (χ4n) is 5.04. The number of ether oxygens (including phenoxy) is 2. The maximum atomic E-state index is 12.9. The van der Waals surface area contributed by atoms with E-state index in [9.17, 15) is 4.79 Å². The van der Waals surface area contributed by atoms with E-state index in [-0.39, 0.29) is 11.8 Å². The number of carbonyl (C=O) groups is 1. The van der Waals surface area contributed by atoms with E-state index >= 15 is 0 Å². The maximum Gasteiger partial charge on any atom is 0.274 e. The van der Waals surface area contributed by atoms with Crippen LogP contribution in [0.15, 0.2) is 22.7 Å². The van der Waals surface area contributed by atoms with Crippen LogP contribution < -0.4 is 14.8 Å². The van der Waals surface area contributed by atoms with Crippen molar-refractivity contribution in [3.05, 3.63) is 35.0 Å². The highest BCUT2D eigenvalue weighted by molar-refractivity contribution is 6.00. The normalized spacial score (nSPS) is 20.4. The SMILES string of the molecule is CCNC(=O)c1noc(-c2cc(C(C)C)c(OC)cc2OC)c1C1=CC2CN(C)CC2C1. The number of hydrogen-bond acceptors (Lipinski definition) is 6. The van der Waals surface area contributed by atoms with Gasteiger partial charge in [-0.2, -0.15) is 0 Å². The molecule has 0 saturated carbocycles. The summed E-state index contributed by atoms with van der Waals surface area (Å²) in [5.74, 6) is 3.04. The van der Waals surface area contributed by atoms with Gasteiger partial charge in [0.25, 0.3) is 5.91 Å². The molecule has 1 aromatic carbocycles. The summed E-state index contributed by atoms with van der Waals surface area (Å²) >= 11 is 0. The van der Waals surface area contributed by atoms with Crippen molar-refractivity contribution < 1.29 is 18.8 Å². The second-order valence-electron chi connectivity index (χ2n) is 9.09. The van der Waals surface area contributed by atoms with E-state index in [0.29, 0.717) is 35.6 Å². The van der Waals surface area contributed by atoms with Crippen molar-refractivity contribution in [2.45, 2.75) is 33.1 Å². The largest absolute Gasteiger partial charge is 0.496 e. The highest BCUT2D eigenvalue weighted by atomic mass is 16.5. The Bertz CT molecular complexity index is 1040. The molecular weight excluding hydrogens is 406 g/mol. The van der Waals surface area contributed by atoms with Gasteiger partial charge >= 0.3 is 0 Å². The van der Waals surface area contributed by atoms with Crippen molar-refractivity contribution in [3.8, 4) is 22.8 Å². The first kappa shape index (κ1) is 22.4. The molecule has 7 nitrogen and oxygen atoms in total. The fraction of sp³-hybridized carbons (Fsp3) is 0.520. The standard InChI is InChI=1S/C25H33N3O4/c1-7-26-25(29)23-22(15-8-16-12-28(4)13-17(16)9-15)24(32-27-23)19-10-18(14(2)3)20(30-5)11-21(19)31-6/h8,10-11,14,16-17H,7,9,12-13H2,1-6H3,(H,26,29). The molecule has 1 aliphatic heterocycles. The van der Waals surface area contributed by atoms with E-state index in [1.54, 1.807) is 14.2 Å². The zero-order valence-corrected chi connectivity index (χ0v) is 19.8. The average molecular weight is 440 g/mol. The van der Waals surface area contributed by atoms with E-state index < -0.39 is 0 Å². The van der Waals surface area contributed by atoms with Crippen molar-refractivity contribution in [3.63, 3.8) is 0 Å². The third-order valence-corrected chi connectivity index (χ3v) is 6.56. The highest BCUT2D eigenvalue weighted by Gasteiger charge is 2.38. The first-order valence-corrected chi connectivity index (χ1v) is 11.3. The zero-order chi connectivity index (χ0) is 23.0. The molecule has 4 rings (SSSR count). The van der Waals surface area contributed by atoms with Crippen molar-refractivity contribution >= 4 is 11.5 Å². The molecule has 2 aromatic rings. The molecule has 32 heavy (non-hydrogen) atoms. The van der Waals surface area contributed by atoms with Crippen LogP contribution in [0.4, 0.5) is 0 Å². The van der Waals surface area contributed by atoms with Crippen LogP contribution in [0.2, 0.25) is 0 Å². The van der Waals surface area contributed by atoms with Crippen LogP contribution in [-0.2, 0) is 0 Å². The molecule has 0 bridgehead atoms. The molecule has 7 heteroatoms. The Balaban J connectivity index is 1.88. The Morgan fingerprint density at radius 2 is 2.00 bits per heavy atom. The van der Waals surface area contributed by atoms with Gasteiger partial charge in [-0.1, -0.05) is 25.1 Å².